The van der Waals surface area contributed by atoms with E-state index in [1.807, 2.05) is 0 Å². The molecule has 0 aliphatic rings. The number of carbonyl (C=O) groups excluding carboxylic acids is 1. The molecule has 6 heavy (non-hydrogen) atoms. The van der Waals surface area contributed by atoms with Crippen molar-refractivity contribution in [1.29, 1.82) is 0 Å². The van der Waals surface area contributed by atoms with Crippen LogP contribution in [0.5, 0.6) is 0 Å². The fraction of sp³-hybridized carbons (Fsp3) is 0. The molecule has 0 aromatic carbocycles. The molecule has 0 N–H and O–H groups in total. The maximum absolute atomic E-state index is 8.33. The minimum Gasteiger partial charge on any atom is -0.652 e. The van der Waals surface area contributed by atoms with Crippen molar-refractivity contribution in [3.63, 3.8) is 0 Å². The summed E-state index contributed by atoms with van der Waals surface area (Å²) in [6.07, 6.45) is -2.33. The van der Waals surface area contributed by atoms with Gasteiger partial charge in [0.05, 0.1) is 0 Å². The number of hydrogen-bond donors (Lipinski definition) is 0. The molecule has 0 saturated heterocycles. The zero-order valence-corrected chi connectivity index (χ0v) is 6.81. The molecule has 0 radical (unpaired) electrons. The van der Waals surface area contributed by atoms with E-state index in [9.17, 15) is 0 Å². The predicted octanol–water partition coefficient (Wildman–Crippen LogP) is -3.21. The van der Waals surface area contributed by atoms with Crippen LogP contribution in [0.25, 0.3) is 0 Å². The molecular formula is CAlO3Sn+5. The Morgan fingerprint density at radius 2 is 1.33 bits per heavy atom. The summed E-state index contributed by atoms with van der Waals surface area (Å²) in [4.78, 5) is 8.33. The molecule has 0 atom stereocenters. The minimum atomic E-state index is -2.33. The van der Waals surface area contributed by atoms with Gasteiger partial charge in [-0.3, -0.25) is 0 Å². The molecule has 0 aliphatic carbocycles. The maximum atomic E-state index is 8.33. The van der Waals surface area contributed by atoms with Gasteiger partial charge < -0.3 is 15.0 Å². The summed E-state index contributed by atoms with van der Waals surface area (Å²) in [5.74, 6) is 0. The zero-order valence-electron chi connectivity index (χ0n) is 2.80. The first kappa shape index (κ1) is 16.0. The molecule has 0 aromatic rings. The molecule has 3 nitrogen and oxygen atoms in total. The zero-order chi connectivity index (χ0) is 3.58. The Morgan fingerprint density at radius 1 is 1.33 bits per heavy atom. The molecule has 0 saturated carbocycles. The summed E-state index contributed by atoms with van der Waals surface area (Å²) in [7, 11) is 0. The summed E-state index contributed by atoms with van der Waals surface area (Å²) in [6, 6.07) is 0. The number of carboxylic acid groups (broad SMARTS) is 2. The predicted molar refractivity (Wildman–Crippen MR) is 16.9 cm³/mol. The molecule has 5 heteroatoms. The largest absolute Gasteiger partial charge is 4.00 e. The van der Waals surface area contributed by atoms with Crippen LogP contribution >= 0.6 is 0 Å². The van der Waals surface area contributed by atoms with E-state index in [0.29, 0.717) is 0 Å². The Hall–Kier alpha value is 0.601. The Kier molecular flexibility index (Phi) is 24.3. The van der Waals surface area contributed by atoms with Crippen LogP contribution in [-0.2, 0) is 0 Å². The van der Waals surface area contributed by atoms with Gasteiger partial charge in [-0.25, -0.2) is 0 Å². The van der Waals surface area contributed by atoms with E-state index in [0.717, 1.165) is 0 Å². The Bertz CT molecular complexity index is 33.8. The van der Waals surface area contributed by atoms with Crippen LogP contribution in [0.4, 0.5) is 4.79 Å². The van der Waals surface area contributed by atoms with Crippen molar-refractivity contribution in [2.45, 2.75) is 0 Å². The van der Waals surface area contributed by atoms with Gasteiger partial charge in [0.1, 0.15) is 0 Å². The van der Waals surface area contributed by atoms with Gasteiger partial charge in [0.15, 0.2) is 0 Å². The molecule has 0 amide bonds. The van der Waals surface area contributed by atoms with Crippen molar-refractivity contribution in [2.75, 3.05) is 0 Å². The van der Waals surface area contributed by atoms with Gasteiger partial charge in [0, 0.05) is 0 Å². The van der Waals surface area contributed by atoms with Gasteiger partial charge >= 0.3 is 41.3 Å². The fourth-order valence-electron chi connectivity index (χ4n) is 0. The van der Waals surface area contributed by atoms with Crippen LogP contribution in [-0.4, -0.2) is 47.4 Å². The molecule has 0 heterocycles. The average Bonchev–Trinajstić information content (AvgIpc) is 0.811. The SMILES string of the molecule is O=C([O-])[O-].[Al+3].[Sn+4]. The van der Waals surface area contributed by atoms with Crippen molar-refractivity contribution in [3.05, 3.63) is 0 Å². The number of hydrogen-bond acceptors (Lipinski definition) is 3. The standard InChI is InChI=1S/CH2O3.Al.Sn/c2-1(3)4;;/h(H2,2,3,4);;/q;+3;+4/p-2. The average molecular weight is 206 g/mol. The van der Waals surface area contributed by atoms with Gasteiger partial charge in [-0.15, -0.1) is 0 Å². The molecular weight excluding hydrogens is 206 g/mol. The summed E-state index contributed by atoms with van der Waals surface area (Å²) >= 11 is 0. The molecule has 0 spiro atoms. The third-order valence-electron chi connectivity index (χ3n) is 0. The van der Waals surface area contributed by atoms with Crippen LogP contribution in [0.1, 0.15) is 0 Å². The van der Waals surface area contributed by atoms with E-state index < -0.39 is 6.16 Å². The van der Waals surface area contributed by atoms with E-state index in [1.54, 1.807) is 0 Å². The van der Waals surface area contributed by atoms with Crippen molar-refractivity contribution in [1.82, 2.24) is 0 Å². The van der Waals surface area contributed by atoms with Crippen molar-refractivity contribution in [3.8, 4) is 0 Å². The van der Waals surface area contributed by atoms with Gasteiger partial charge in [-0.1, -0.05) is 0 Å². The molecule has 0 fully saturated rings. The second-order valence-corrected chi connectivity index (χ2v) is 0.250. The molecule has 24 valence electrons. The van der Waals surface area contributed by atoms with Crippen LogP contribution in [0.3, 0.4) is 0 Å². The van der Waals surface area contributed by atoms with Crippen LogP contribution in [0.15, 0.2) is 0 Å². The van der Waals surface area contributed by atoms with E-state index in [1.165, 1.54) is 0 Å². The van der Waals surface area contributed by atoms with Gasteiger partial charge in [0.25, 0.3) is 0 Å². The summed E-state index contributed by atoms with van der Waals surface area (Å²) < 4.78 is 0. The second kappa shape index (κ2) is 9.14. The summed E-state index contributed by atoms with van der Waals surface area (Å²) in [5, 5.41) is 16.7. The van der Waals surface area contributed by atoms with E-state index in [4.69, 9.17) is 15.0 Å². The van der Waals surface area contributed by atoms with Crippen molar-refractivity contribution < 1.29 is 15.0 Å². The van der Waals surface area contributed by atoms with Crippen molar-refractivity contribution >= 4 is 47.4 Å². The van der Waals surface area contributed by atoms with Crippen LogP contribution in [0.2, 0.25) is 0 Å². The number of rotatable bonds is 0. The number of carbonyl (C=O) groups is 1. The fourth-order valence-corrected chi connectivity index (χ4v) is 0. The third kappa shape index (κ3) is 165. The molecule has 0 unspecified atom stereocenters. The van der Waals surface area contributed by atoms with Crippen LogP contribution in [0, 0.1) is 0 Å². The van der Waals surface area contributed by atoms with E-state index in [-0.39, 0.29) is 41.3 Å². The summed E-state index contributed by atoms with van der Waals surface area (Å²) in [6.45, 7) is 0. The van der Waals surface area contributed by atoms with Crippen LogP contribution < -0.4 is 10.2 Å². The Labute approximate surface area is 62.4 Å². The maximum Gasteiger partial charge on any atom is 4.00 e. The van der Waals surface area contributed by atoms with E-state index >= 15 is 0 Å². The Balaban J connectivity index is -0.0000000450. The summed E-state index contributed by atoms with van der Waals surface area (Å²) in [5.41, 5.74) is 0. The van der Waals surface area contributed by atoms with E-state index in [2.05, 4.69) is 0 Å². The van der Waals surface area contributed by atoms with Gasteiger partial charge in [-0.2, -0.15) is 0 Å². The quantitative estimate of drug-likeness (QED) is 0.391. The minimum absolute atomic E-state index is 0. The van der Waals surface area contributed by atoms with Crippen molar-refractivity contribution in [2.24, 2.45) is 0 Å². The third-order valence-corrected chi connectivity index (χ3v) is 0. The molecule has 0 aromatic heterocycles. The molecule has 0 rings (SSSR count). The smallest absolute Gasteiger partial charge is 0.652 e. The first-order valence-corrected chi connectivity index (χ1v) is 0.612. The Morgan fingerprint density at radius 3 is 1.33 bits per heavy atom. The monoisotopic (exact) mass is 207 g/mol. The first-order valence-electron chi connectivity index (χ1n) is 0.612. The van der Waals surface area contributed by atoms with Gasteiger partial charge in [-0.05, 0) is 6.16 Å². The molecule has 0 aliphatic heterocycles. The molecule has 0 bridgehead atoms. The normalized spacial score (nSPS) is 4.00. The second-order valence-electron chi connectivity index (χ2n) is 0.250. The van der Waals surface area contributed by atoms with Gasteiger partial charge in [0.2, 0.25) is 0 Å². The first-order chi connectivity index (χ1) is 1.73. The topological polar surface area (TPSA) is 63.2 Å².